The third kappa shape index (κ3) is 2.68. The molecule has 0 aliphatic heterocycles. The first-order chi connectivity index (χ1) is 7.79. The molecule has 2 nitrogen and oxygen atoms in total. The van der Waals surface area contributed by atoms with Crippen molar-refractivity contribution >= 4 is 15.9 Å². The third-order valence-electron chi connectivity index (χ3n) is 2.33. The van der Waals surface area contributed by atoms with E-state index in [9.17, 15) is 0 Å². The maximum Gasteiger partial charge on any atom is 0.0705 e. The van der Waals surface area contributed by atoms with E-state index in [1.807, 2.05) is 31.4 Å². The van der Waals surface area contributed by atoms with Gasteiger partial charge in [-0.2, -0.15) is 0 Å². The molecular formula is C13H13BrN2. The first kappa shape index (κ1) is 11.3. The molecule has 1 N–H and O–H groups in total. The molecule has 1 aromatic heterocycles. The zero-order chi connectivity index (χ0) is 11.4. The quantitative estimate of drug-likeness (QED) is 0.931. The fraction of sp³-hybridized carbons (Fsp3) is 0.154. The number of hydrogen-bond donors (Lipinski definition) is 1. The molecule has 0 radical (unpaired) electrons. The van der Waals surface area contributed by atoms with Crippen molar-refractivity contribution in [2.75, 3.05) is 7.05 Å². The van der Waals surface area contributed by atoms with Crippen molar-refractivity contribution in [3.8, 4) is 11.3 Å². The summed E-state index contributed by atoms with van der Waals surface area (Å²) in [6, 6.07) is 12.3. The number of nitrogens with one attached hydrogen (secondary N) is 1. The summed E-state index contributed by atoms with van der Waals surface area (Å²) < 4.78 is 1.07. The first-order valence-electron chi connectivity index (χ1n) is 5.15. The van der Waals surface area contributed by atoms with Crippen LogP contribution in [0.4, 0.5) is 0 Å². The van der Waals surface area contributed by atoms with Gasteiger partial charge in [-0.1, -0.05) is 28.1 Å². The van der Waals surface area contributed by atoms with Crippen LogP contribution in [-0.4, -0.2) is 12.0 Å². The molecule has 82 valence electrons. The molecule has 0 amide bonds. The van der Waals surface area contributed by atoms with Gasteiger partial charge in [-0.3, -0.25) is 4.98 Å². The Morgan fingerprint density at radius 1 is 1.25 bits per heavy atom. The minimum absolute atomic E-state index is 0.865. The lowest BCUT2D eigenvalue weighted by Gasteiger charge is -2.04. The molecule has 0 unspecified atom stereocenters. The Kier molecular flexibility index (Phi) is 3.70. The average molecular weight is 277 g/mol. The molecule has 2 rings (SSSR count). The molecule has 0 saturated heterocycles. The number of halogens is 1. The van der Waals surface area contributed by atoms with Gasteiger partial charge in [-0.05, 0) is 36.9 Å². The van der Waals surface area contributed by atoms with E-state index in [0.29, 0.717) is 0 Å². The lowest BCUT2D eigenvalue weighted by molar-refractivity contribution is 0.816. The van der Waals surface area contributed by atoms with Crippen LogP contribution in [0.1, 0.15) is 5.56 Å². The van der Waals surface area contributed by atoms with Crippen molar-refractivity contribution in [1.29, 1.82) is 0 Å². The highest BCUT2D eigenvalue weighted by Gasteiger charge is 2.00. The molecule has 1 aromatic carbocycles. The highest BCUT2D eigenvalue weighted by atomic mass is 79.9. The van der Waals surface area contributed by atoms with Crippen LogP contribution < -0.4 is 5.32 Å². The van der Waals surface area contributed by atoms with E-state index < -0.39 is 0 Å². The maximum atomic E-state index is 4.38. The minimum Gasteiger partial charge on any atom is -0.316 e. The summed E-state index contributed by atoms with van der Waals surface area (Å²) >= 11 is 3.47. The van der Waals surface area contributed by atoms with Gasteiger partial charge in [0, 0.05) is 22.8 Å². The topological polar surface area (TPSA) is 24.9 Å². The summed E-state index contributed by atoms with van der Waals surface area (Å²) in [5.41, 5.74) is 3.38. The van der Waals surface area contributed by atoms with Crippen LogP contribution in [0.3, 0.4) is 0 Å². The average Bonchev–Trinajstić information content (AvgIpc) is 2.30. The first-order valence-corrected chi connectivity index (χ1v) is 5.94. The van der Waals surface area contributed by atoms with Crippen molar-refractivity contribution in [2.45, 2.75) is 6.54 Å². The molecule has 0 saturated carbocycles. The highest BCUT2D eigenvalue weighted by Crippen LogP contribution is 2.21. The van der Waals surface area contributed by atoms with Crippen LogP contribution in [0.2, 0.25) is 0 Å². The summed E-state index contributed by atoms with van der Waals surface area (Å²) in [6.45, 7) is 0.865. The lowest BCUT2D eigenvalue weighted by Crippen LogP contribution is -2.05. The number of rotatable bonds is 3. The van der Waals surface area contributed by atoms with Crippen molar-refractivity contribution in [3.05, 3.63) is 52.6 Å². The molecule has 0 aliphatic carbocycles. The van der Waals surface area contributed by atoms with Crippen LogP contribution in [0.25, 0.3) is 11.3 Å². The Hall–Kier alpha value is -1.19. The normalized spacial score (nSPS) is 10.4. The summed E-state index contributed by atoms with van der Waals surface area (Å²) in [5.74, 6) is 0. The Balaban J connectivity index is 2.36. The smallest absolute Gasteiger partial charge is 0.0705 e. The van der Waals surface area contributed by atoms with Crippen molar-refractivity contribution in [1.82, 2.24) is 10.3 Å². The van der Waals surface area contributed by atoms with Gasteiger partial charge in [0.1, 0.15) is 0 Å². The Bertz CT molecular complexity index is 483. The van der Waals surface area contributed by atoms with E-state index in [4.69, 9.17) is 0 Å². The molecule has 0 atom stereocenters. The molecule has 0 spiro atoms. The molecule has 0 fully saturated rings. The van der Waals surface area contributed by atoms with Crippen molar-refractivity contribution < 1.29 is 0 Å². The maximum absolute atomic E-state index is 4.38. The molecule has 3 heteroatoms. The lowest BCUT2D eigenvalue weighted by atomic mass is 10.1. The predicted octanol–water partition coefficient (Wildman–Crippen LogP) is 3.23. The van der Waals surface area contributed by atoms with Gasteiger partial charge in [0.25, 0.3) is 0 Å². The number of aromatic nitrogens is 1. The second-order valence-corrected chi connectivity index (χ2v) is 4.51. The summed E-state index contributed by atoms with van der Waals surface area (Å²) in [6.07, 6.45) is 1.85. The predicted molar refractivity (Wildman–Crippen MR) is 70.1 cm³/mol. The van der Waals surface area contributed by atoms with Crippen molar-refractivity contribution in [3.63, 3.8) is 0 Å². The van der Waals surface area contributed by atoms with Gasteiger partial charge in [-0.25, -0.2) is 0 Å². The Labute approximate surface area is 104 Å². The molecule has 1 heterocycles. The van der Waals surface area contributed by atoms with Gasteiger partial charge in [-0.15, -0.1) is 0 Å². The van der Waals surface area contributed by atoms with Crippen LogP contribution in [0.5, 0.6) is 0 Å². The van der Waals surface area contributed by atoms with Gasteiger partial charge >= 0.3 is 0 Å². The molecule has 0 bridgehead atoms. The number of hydrogen-bond acceptors (Lipinski definition) is 2. The second-order valence-electron chi connectivity index (χ2n) is 3.59. The van der Waals surface area contributed by atoms with E-state index in [-0.39, 0.29) is 0 Å². The molecule has 16 heavy (non-hydrogen) atoms. The third-order valence-corrected chi connectivity index (χ3v) is 2.82. The Morgan fingerprint density at radius 3 is 2.88 bits per heavy atom. The molecule has 2 aromatic rings. The zero-order valence-electron chi connectivity index (χ0n) is 9.07. The fourth-order valence-electron chi connectivity index (χ4n) is 1.59. The Morgan fingerprint density at radius 2 is 2.12 bits per heavy atom. The van der Waals surface area contributed by atoms with E-state index in [1.54, 1.807) is 0 Å². The number of pyridine rings is 1. The standard InChI is InChI=1S/C13H13BrN2/c1-15-9-10-5-6-16-13(7-10)11-3-2-4-12(14)8-11/h2-8,15H,9H2,1H3. The number of benzene rings is 1. The summed E-state index contributed by atoms with van der Waals surface area (Å²) in [5, 5.41) is 3.14. The summed E-state index contributed by atoms with van der Waals surface area (Å²) in [4.78, 5) is 4.38. The van der Waals surface area contributed by atoms with Crippen LogP contribution >= 0.6 is 15.9 Å². The van der Waals surface area contributed by atoms with Crippen LogP contribution in [0, 0.1) is 0 Å². The monoisotopic (exact) mass is 276 g/mol. The largest absolute Gasteiger partial charge is 0.316 e. The van der Waals surface area contributed by atoms with Gasteiger partial charge in [0.05, 0.1) is 5.69 Å². The SMILES string of the molecule is CNCc1ccnc(-c2cccc(Br)c2)c1. The number of nitrogens with zero attached hydrogens (tertiary/aromatic N) is 1. The van der Waals surface area contributed by atoms with Crippen molar-refractivity contribution in [2.24, 2.45) is 0 Å². The highest BCUT2D eigenvalue weighted by molar-refractivity contribution is 9.10. The minimum atomic E-state index is 0.865. The van der Waals surface area contributed by atoms with Crippen LogP contribution in [-0.2, 0) is 6.54 Å². The second kappa shape index (κ2) is 5.23. The van der Waals surface area contributed by atoms with E-state index in [0.717, 1.165) is 22.3 Å². The van der Waals surface area contributed by atoms with Gasteiger partial charge < -0.3 is 5.32 Å². The molecule has 0 aliphatic rings. The van der Waals surface area contributed by atoms with E-state index in [1.165, 1.54) is 5.56 Å². The fourth-order valence-corrected chi connectivity index (χ4v) is 1.99. The molecular weight excluding hydrogens is 264 g/mol. The van der Waals surface area contributed by atoms with Gasteiger partial charge in [0.2, 0.25) is 0 Å². The van der Waals surface area contributed by atoms with Gasteiger partial charge in [0.15, 0.2) is 0 Å². The summed E-state index contributed by atoms with van der Waals surface area (Å²) in [7, 11) is 1.94. The van der Waals surface area contributed by atoms with E-state index in [2.05, 4.69) is 44.4 Å². The van der Waals surface area contributed by atoms with E-state index >= 15 is 0 Å². The zero-order valence-corrected chi connectivity index (χ0v) is 10.7. The van der Waals surface area contributed by atoms with Crippen LogP contribution in [0.15, 0.2) is 47.1 Å².